The lowest BCUT2D eigenvalue weighted by Crippen LogP contribution is -2.08. The Labute approximate surface area is 122 Å². The first-order chi connectivity index (χ1) is 9.38. The van der Waals surface area contributed by atoms with Gasteiger partial charge in [0.1, 0.15) is 0 Å². The number of hydrogen-bond donors (Lipinski definition) is 0. The van der Waals surface area contributed by atoms with Crippen LogP contribution in [0, 0.1) is 0 Å². The fourth-order valence-electron chi connectivity index (χ4n) is 1.83. The number of ketones is 1. The molecule has 0 heterocycles. The van der Waals surface area contributed by atoms with Crippen LogP contribution in [0.5, 0.6) is 0 Å². The summed E-state index contributed by atoms with van der Waals surface area (Å²) in [7, 11) is 0. The molecule has 2 aromatic rings. The summed E-state index contributed by atoms with van der Waals surface area (Å²) in [4.78, 5) is 12.1. The van der Waals surface area contributed by atoms with Crippen LogP contribution in [0.25, 0.3) is 0 Å². The molecule has 20 heavy (non-hydrogen) atoms. The lowest BCUT2D eigenvalue weighted by atomic mass is 10.0. The summed E-state index contributed by atoms with van der Waals surface area (Å²) < 4.78 is 38.4. The Balaban J connectivity index is 2.23. The highest BCUT2D eigenvalue weighted by atomic mass is 79.9. The molecule has 0 saturated carbocycles. The maximum atomic E-state index is 12.6. The number of carbonyl (C=O) groups excluding carboxylic acids is 1. The largest absolute Gasteiger partial charge is 0.416 e. The topological polar surface area (TPSA) is 17.1 Å². The Kier molecular flexibility index (Phi) is 4.28. The Morgan fingerprint density at radius 2 is 1.75 bits per heavy atom. The maximum Gasteiger partial charge on any atom is 0.416 e. The van der Waals surface area contributed by atoms with Crippen molar-refractivity contribution in [3.8, 4) is 0 Å². The predicted octanol–water partition coefficient (Wildman–Crippen LogP) is 4.89. The molecule has 0 amide bonds. The molecule has 0 saturated heterocycles. The van der Waals surface area contributed by atoms with Crippen LogP contribution >= 0.6 is 15.9 Å². The molecule has 104 valence electrons. The van der Waals surface area contributed by atoms with Gasteiger partial charge >= 0.3 is 6.18 Å². The number of alkyl halides is 3. The Hall–Kier alpha value is -1.62. The number of carbonyl (C=O) groups is 1. The van der Waals surface area contributed by atoms with Gasteiger partial charge in [-0.2, -0.15) is 13.2 Å². The molecule has 0 radical (unpaired) electrons. The minimum absolute atomic E-state index is 0.0630. The average Bonchev–Trinajstić information content (AvgIpc) is 2.38. The van der Waals surface area contributed by atoms with E-state index in [9.17, 15) is 18.0 Å². The minimum atomic E-state index is -4.40. The summed E-state index contributed by atoms with van der Waals surface area (Å²) >= 11 is 3.26. The molecule has 1 nitrogen and oxygen atoms in total. The van der Waals surface area contributed by atoms with E-state index in [1.54, 1.807) is 24.3 Å². The highest BCUT2D eigenvalue weighted by molar-refractivity contribution is 9.10. The Bertz CT molecular complexity index is 635. The lowest BCUT2D eigenvalue weighted by molar-refractivity contribution is -0.137. The second kappa shape index (κ2) is 5.79. The van der Waals surface area contributed by atoms with Crippen molar-refractivity contribution in [2.75, 3.05) is 0 Å². The third-order valence-corrected chi connectivity index (χ3v) is 3.48. The Morgan fingerprint density at radius 3 is 2.40 bits per heavy atom. The van der Waals surface area contributed by atoms with Crippen molar-refractivity contribution in [2.24, 2.45) is 0 Å². The van der Waals surface area contributed by atoms with Crippen LogP contribution in [0.4, 0.5) is 13.2 Å². The van der Waals surface area contributed by atoms with E-state index in [0.717, 1.165) is 12.1 Å². The summed E-state index contributed by atoms with van der Waals surface area (Å²) in [6.45, 7) is 0. The molecule has 0 aromatic heterocycles. The Morgan fingerprint density at radius 1 is 1.05 bits per heavy atom. The molecule has 5 heteroatoms. The van der Waals surface area contributed by atoms with Gasteiger partial charge in [-0.25, -0.2) is 0 Å². The van der Waals surface area contributed by atoms with Crippen molar-refractivity contribution in [3.05, 3.63) is 69.7 Å². The lowest BCUT2D eigenvalue weighted by Gasteiger charge is -2.09. The molecule has 0 unspecified atom stereocenters. The number of hydrogen-bond acceptors (Lipinski definition) is 1. The van der Waals surface area contributed by atoms with Gasteiger partial charge in [0.15, 0.2) is 5.78 Å². The van der Waals surface area contributed by atoms with Crippen molar-refractivity contribution in [1.82, 2.24) is 0 Å². The molecular formula is C15H10BrF3O. The van der Waals surface area contributed by atoms with Crippen molar-refractivity contribution in [2.45, 2.75) is 12.6 Å². The molecule has 2 rings (SSSR count). The van der Waals surface area contributed by atoms with Crippen molar-refractivity contribution in [1.29, 1.82) is 0 Å². The quantitative estimate of drug-likeness (QED) is 0.725. The van der Waals surface area contributed by atoms with E-state index in [2.05, 4.69) is 15.9 Å². The van der Waals surface area contributed by atoms with E-state index >= 15 is 0 Å². The molecule has 0 bridgehead atoms. The van der Waals surface area contributed by atoms with E-state index in [0.29, 0.717) is 15.6 Å². The number of Topliss-reactive ketones (excluding diaryl/α,β-unsaturated/α-hetero) is 1. The van der Waals surface area contributed by atoms with Crippen LogP contribution in [0.1, 0.15) is 21.5 Å². The van der Waals surface area contributed by atoms with Gasteiger partial charge in [0, 0.05) is 16.5 Å². The van der Waals surface area contributed by atoms with Gasteiger partial charge in [-0.1, -0.05) is 52.3 Å². The van der Waals surface area contributed by atoms with Crippen LogP contribution in [0.2, 0.25) is 0 Å². The monoisotopic (exact) mass is 342 g/mol. The smallest absolute Gasteiger partial charge is 0.294 e. The van der Waals surface area contributed by atoms with E-state index < -0.39 is 11.7 Å². The molecule has 0 atom stereocenters. The average molecular weight is 343 g/mol. The van der Waals surface area contributed by atoms with Crippen LogP contribution in [-0.4, -0.2) is 5.78 Å². The van der Waals surface area contributed by atoms with Crippen molar-refractivity contribution >= 4 is 21.7 Å². The molecule has 0 aliphatic heterocycles. The van der Waals surface area contributed by atoms with Crippen LogP contribution in [0.15, 0.2) is 53.0 Å². The van der Waals surface area contributed by atoms with Crippen molar-refractivity contribution < 1.29 is 18.0 Å². The summed E-state index contributed by atoms with van der Waals surface area (Å²) in [5.41, 5.74) is 0.0698. The fourth-order valence-corrected chi connectivity index (χ4v) is 2.33. The molecule has 0 spiro atoms. The number of benzene rings is 2. The summed E-state index contributed by atoms with van der Waals surface area (Å²) in [5, 5.41) is 0. The first kappa shape index (κ1) is 14.8. The molecule has 0 aliphatic carbocycles. The standard InChI is InChI=1S/C15H10BrF3O/c16-13-7-2-1-6-12(13)14(20)9-10-4-3-5-11(8-10)15(17,18)19/h1-8H,9H2. The minimum Gasteiger partial charge on any atom is -0.294 e. The van der Waals surface area contributed by atoms with Gasteiger partial charge in [0.05, 0.1) is 5.56 Å². The fraction of sp³-hybridized carbons (Fsp3) is 0.133. The molecular weight excluding hydrogens is 333 g/mol. The first-order valence-corrected chi connectivity index (χ1v) is 6.61. The third-order valence-electron chi connectivity index (χ3n) is 2.79. The van der Waals surface area contributed by atoms with Crippen LogP contribution < -0.4 is 0 Å². The normalized spacial score (nSPS) is 11.4. The first-order valence-electron chi connectivity index (χ1n) is 5.82. The van der Waals surface area contributed by atoms with Crippen LogP contribution in [0.3, 0.4) is 0 Å². The van der Waals surface area contributed by atoms with Gasteiger partial charge in [-0.3, -0.25) is 4.79 Å². The third kappa shape index (κ3) is 3.48. The second-order valence-corrected chi connectivity index (χ2v) is 5.13. The molecule has 0 aliphatic rings. The molecule has 0 N–H and O–H groups in total. The number of halogens is 4. The SMILES string of the molecule is O=C(Cc1cccc(C(F)(F)F)c1)c1ccccc1Br. The van der Waals surface area contributed by atoms with Gasteiger partial charge in [-0.05, 0) is 17.7 Å². The maximum absolute atomic E-state index is 12.6. The van der Waals surface area contributed by atoms with E-state index in [1.165, 1.54) is 12.1 Å². The molecule has 2 aromatic carbocycles. The zero-order valence-corrected chi connectivity index (χ0v) is 11.8. The zero-order valence-electron chi connectivity index (χ0n) is 10.2. The highest BCUT2D eigenvalue weighted by Gasteiger charge is 2.30. The summed E-state index contributed by atoms with van der Waals surface area (Å²) in [6.07, 6.45) is -4.46. The van der Waals surface area contributed by atoms with E-state index in [1.807, 2.05) is 0 Å². The van der Waals surface area contributed by atoms with Gasteiger partial charge in [-0.15, -0.1) is 0 Å². The molecule has 0 fully saturated rings. The van der Waals surface area contributed by atoms with E-state index in [-0.39, 0.29) is 12.2 Å². The van der Waals surface area contributed by atoms with Gasteiger partial charge in [0.2, 0.25) is 0 Å². The van der Waals surface area contributed by atoms with Crippen molar-refractivity contribution in [3.63, 3.8) is 0 Å². The van der Waals surface area contributed by atoms with Gasteiger partial charge < -0.3 is 0 Å². The summed E-state index contributed by atoms with van der Waals surface area (Å²) in [6, 6.07) is 11.7. The number of rotatable bonds is 3. The summed E-state index contributed by atoms with van der Waals surface area (Å²) in [5.74, 6) is -0.225. The van der Waals surface area contributed by atoms with Crippen LogP contribution in [-0.2, 0) is 12.6 Å². The zero-order chi connectivity index (χ0) is 14.8. The van der Waals surface area contributed by atoms with E-state index in [4.69, 9.17) is 0 Å². The predicted molar refractivity (Wildman–Crippen MR) is 73.6 cm³/mol. The van der Waals surface area contributed by atoms with Gasteiger partial charge in [0.25, 0.3) is 0 Å². The highest BCUT2D eigenvalue weighted by Crippen LogP contribution is 2.30. The second-order valence-electron chi connectivity index (χ2n) is 4.28.